The monoisotopic (exact) mass is 605 g/mol. The largest absolute Gasteiger partial charge is 0.497 e. The number of amides is 2. The van der Waals surface area contributed by atoms with Crippen molar-refractivity contribution in [3.8, 4) is 5.75 Å². The predicted octanol–water partition coefficient (Wildman–Crippen LogP) is 5.53. The summed E-state index contributed by atoms with van der Waals surface area (Å²) in [4.78, 5) is 28.6. The van der Waals surface area contributed by atoms with Crippen molar-refractivity contribution in [1.82, 2.24) is 10.2 Å². The molecular weight excluding hydrogens is 573 g/mol. The molecule has 1 N–H and O–H groups in total. The molecule has 0 spiro atoms. The molecule has 0 aliphatic rings. The Morgan fingerprint density at radius 3 is 2.23 bits per heavy atom. The third kappa shape index (κ3) is 7.90. The van der Waals surface area contributed by atoms with Crippen molar-refractivity contribution in [1.29, 1.82) is 0 Å². The number of halogens is 2. The molecule has 0 radical (unpaired) electrons. The van der Waals surface area contributed by atoms with Gasteiger partial charge in [-0.15, -0.1) is 0 Å². The average Bonchev–Trinajstić information content (AvgIpc) is 2.94. The lowest BCUT2D eigenvalue weighted by Gasteiger charge is -2.33. The Balaban J connectivity index is 2.08. The van der Waals surface area contributed by atoms with Gasteiger partial charge in [0.1, 0.15) is 18.3 Å². The van der Waals surface area contributed by atoms with Crippen molar-refractivity contribution < 1.29 is 22.7 Å². The van der Waals surface area contributed by atoms with Gasteiger partial charge in [0.2, 0.25) is 11.8 Å². The van der Waals surface area contributed by atoms with Gasteiger partial charge in [0, 0.05) is 23.1 Å². The molecule has 0 fully saturated rings. The summed E-state index contributed by atoms with van der Waals surface area (Å²) in [6, 6.07) is 18.4. The summed E-state index contributed by atoms with van der Waals surface area (Å²) in [6.45, 7) is 3.66. The van der Waals surface area contributed by atoms with E-state index in [1.807, 2.05) is 13.0 Å². The maximum atomic E-state index is 14.1. The second-order valence-electron chi connectivity index (χ2n) is 9.04. The molecule has 3 rings (SSSR count). The lowest BCUT2D eigenvalue weighted by Crippen LogP contribution is -2.52. The minimum atomic E-state index is -4.22. The van der Waals surface area contributed by atoms with Crippen LogP contribution in [-0.4, -0.2) is 51.4 Å². The Bertz CT molecular complexity index is 1400. The van der Waals surface area contributed by atoms with E-state index in [2.05, 4.69) is 5.32 Å². The molecule has 0 aromatic heterocycles. The smallest absolute Gasteiger partial charge is 0.264 e. The number of carbonyl (C=O) groups is 2. The second kappa shape index (κ2) is 14.4. The third-order valence-electron chi connectivity index (χ3n) is 6.17. The second-order valence-corrected chi connectivity index (χ2v) is 11.8. The van der Waals surface area contributed by atoms with E-state index in [1.54, 1.807) is 43.3 Å². The first-order valence-electron chi connectivity index (χ1n) is 12.8. The molecule has 0 aliphatic carbocycles. The number of hydrogen-bond acceptors (Lipinski definition) is 5. The molecule has 8 nitrogen and oxygen atoms in total. The fourth-order valence-corrected chi connectivity index (χ4v) is 6.12. The van der Waals surface area contributed by atoms with E-state index in [0.29, 0.717) is 18.7 Å². The Hall–Kier alpha value is -3.27. The number of sulfonamides is 1. The first-order valence-corrected chi connectivity index (χ1v) is 15.0. The molecule has 214 valence electrons. The van der Waals surface area contributed by atoms with Gasteiger partial charge in [-0.05, 0) is 60.9 Å². The van der Waals surface area contributed by atoms with Gasteiger partial charge in [-0.25, -0.2) is 8.42 Å². The van der Waals surface area contributed by atoms with Gasteiger partial charge in [0.05, 0.1) is 17.7 Å². The summed E-state index contributed by atoms with van der Waals surface area (Å²) in [6.07, 6.45) is 1.05. The van der Waals surface area contributed by atoms with Gasteiger partial charge in [-0.3, -0.25) is 13.9 Å². The molecular formula is C29H33Cl2N3O5S. The maximum Gasteiger partial charge on any atom is 0.264 e. The van der Waals surface area contributed by atoms with Crippen molar-refractivity contribution in [3.05, 3.63) is 88.4 Å². The Morgan fingerprint density at radius 2 is 1.62 bits per heavy atom. The topological polar surface area (TPSA) is 96.0 Å². The van der Waals surface area contributed by atoms with Crippen molar-refractivity contribution >= 4 is 50.7 Å². The summed E-state index contributed by atoms with van der Waals surface area (Å²) in [5.41, 5.74) is 0.845. The number of nitrogens with zero attached hydrogens (tertiary/aromatic N) is 2. The van der Waals surface area contributed by atoms with E-state index in [4.69, 9.17) is 27.9 Å². The standard InChI is InChI=1S/C29H33Cl2N3O5S/c1-4-14-32-29(36)27(5-2)33(19-21-10-9-11-25(15-21)39-3)28(35)20-34(24-17-22(30)16-23(31)18-24)40(37,38)26-12-7-6-8-13-26/h6-13,15-18,27H,4-5,14,19-20H2,1-3H3,(H,32,36). The summed E-state index contributed by atoms with van der Waals surface area (Å²) >= 11 is 12.4. The molecule has 0 aliphatic heterocycles. The number of anilines is 1. The predicted molar refractivity (Wildman–Crippen MR) is 158 cm³/mol. The van der Waals surface area contributed by atoms with E-state index in [-0.39, 0.29) is 33.1 Å². The molecule has 0 saturated heterocycles. The fraction of sp³-hybridized carbons (Fsp3) is 0.310. The Morgan fingerprint density at radius 1 is 0.950 bits per heavy atom. The highest BCUT2D eigenvalue weighted by Crippen LogP contribution is 2.30. The molecule has 0 bridgehead atoms. The molecule has 11 heteroatoms. The summed E-state index contributed by atoms with van der Waals surface area (Å²) < 4.78 is 34.0. The number of rotatable bonds is 13. The number of ether oxygens (including phenoxy) is 1. The number of methoxy groups -OCH3 is 1. The molecule has 3 aromatic carbocycles. The Labute approximate surface area is 245 Å². The van der Waals surface area contributed by atoms with Crippen molar-refractivity contribution in [3.63, 3.8) is 0 Å². The highest BCUT2D eigenvalue weighted by atomic mass is 35.5. The summed E-state index contributed by atoms with van der Waals surface area (Å²) in [5, 5.41) is 3.28. The van der Waals surface area contributed by atoms with Crippen LogP contribution in [0.3, 0.4) is 0 Å². The van der Waals surface area contributed by atoms with Crippen LogP contribution < -0.4 is 14.4 Å². The van der Waals surface area contributed by atoms with E-state index in [9.17, 15) is 18.0 Å². The van der Waals surface area contributed by atoms with Crippen LogP contribution >= 0.6 is 23.2 Å². The van der Waals surface area contributed by atoms with Gasteiger partial charge >= 0.3 is 0 Å². The van der Waals surface area contributed by atoms with Crippen LogP contribution in [0.4, 0.5) is 5.69 Å². The van der Waals surface area contributed by atoms with E-state index in [1.165, 1.54) is 42.3 Å². The summed E-state index contributed by atoms with van der Waals surface area (Å²) in [5.74, 6) is -0.295. The quantitative estimate of drug-likeness (QED) is 0.276. The van der Waals surface area contributed by atoms with E-state index < -0.39 is 28.5 Å². The van der Waals surface area contributed by atoms with Gasteiger partial charge in [0.25, 0.3) is 10.0 Å². The minimum absolute atomic E-state index is 0.00836. The first kappa shape index (κ1) is 31.3. The summed E-state index contributed by atoms with van der Waals surface area (Å²) in [7, 11) is -2.68. The van der Waals surface area contributed by atoms with Crippen LogP contribution in [0.15, 0.2) is 77.7 Å². The van der Waals surface area contributed by atoms with Gasteiger partial charge in [-0.2, -0.15) is 0 Å². The van der Waals surface area contributed by atoms with Crippen LogP contribution in [-0.2, 0) is 26.2 Å². The molecule has 0 heterocycles. The zero-order chi connectivity index (χ0) is 29.3. The van der Waals surface area contributed by atoms with Crippen LogP contribution in [0.5, 0.6) is 5.75 Å². The lowest BCUT2D eigenvalue weighted by molar-refractivity contribution is -0.140. The lowest BCUT2D eigenvalue weighted by atomic mass is 10.1. The molecule has 1 unspecified atom stereocenters. The number of benzene rings is 3. The van der Waals surface area contributed by atoms with Crippen LogP contribution in [0.25, 0.3) is 0 Å². The zero-order valence-electron chi connectivity index (χ0n) is 22.6. The van der Waals surface area contributed by atoms with Crippen molar-refractivity contribution in [2.45, 2.75) is 44.2 Å². The maximum absolute atomic E-state index is 14.1. The van der Waals surface area contributed by atoms with Crippen LogP contribution in [0, 0.1) is 0 Å². The normalized spacial score (nSPS) is 11.9. The zero-order valence-corrected chi connectivity index (χ0v) is 25.0. The molecule has 1 atom stereocenters. The van der Waals surface area contributed by atoms with Crippen molar-refractivity contribution in [2.24, 2.45) is 0 Å². The Kier molecular flexibility index (Phi) is 11.2. The first-order chi connectivity index (χ1) is 19.1. The van der Waals surface area contributed by atoms with Crippen molar-refractivity contribution in [2.75, 3.05) is 24.5 Å². The van der Waals surface area contributed by atoms with E-state index >= 15 is 0 Å². The fourth-order valence-electron chi connectivity index (χ4n) is 4.18. The molecule has 40 heavy (non-hydrogen) atoms. The number of hydrogen-bond donors (Lipinski definition) is 1. The molecule has 3 aromatic rings. The van der Waals surface area contributed by atoms with Gasteiger partial charge in [-0.1, -0.05) is 67.4 Å². The van der Waals surface area contributed by atoms with E-state index in [0.717, 1.165) is 16.3 Å². The highest BCUT2D eigenvalue weighted by molar-refractivity contribution is 7.92. The molecule has 0 saturated carbocycles. The van der Waals surface area contributed by atoms with Gasteiger partial charge < -0.3 is 15.0 Å². The SMILES string of the molecule is CCCNC(=O)C(CC)N(Cc1cccc(OC)c1)C(=O)CN(c1cc(Cl)cc(Cl)c1)S(=O)(=O)c1ccccc1. The minimum Gasteiger partial charge on any atom is -0.497 e. The molecule has 2 amide bonds. The third-order valence-corrected chi connectivity index (χ3v) is 8.39. The van der Waals surface area contributed by atoms with Crippen LogP contribution in [0.2, 0.25) is 10.0 Å². The van der Waals surface area contributed by atoms with Crippen LogP contribution in [0.1, 0.15) is 32.3 Å². The highest BCUT2D eigenvalue weighted by Gasteiger charge is 2.33. The number of nitrogens with one attached hydrogen (secondary N) is 1. The van der Waals surface area contributed by atoms with Gasteiger partial charge in [0.15, 0.2) is 0 Å². The number of carbonyl (C=O) groups excluding carboxylic acids is 2. The average molecular weight is 607 g/mol.